The Morgan fingerprint density at radius 3 is 2.96 bits per heavy atom. The molecule has 2 aromatic rings. The van der Waals surface area contributed by atoms with Crippen molar-refractivity contribution in [1.29, 1.82) is 0 Å². The van der Waals surface area contributed by atoms with Gasteiger partial charge in [0.2, 0.25) is 5.91 Å². The maximum absolute atomic E-state index is 13.1. The van der Waals surface area contributed by atoms with Crippen molar-refractivity contribution in [3.8, 4) is 0 Å². The first-order valence-electron chi connectivity index (χ1n) is 8.65. The number of amides is 2. The number of nitrogens with zero attached hydrogens (tertiary/aromatic N) is 4. The van der Waals surface area contributed by atoms with E-state index in [1.807, 2.05) is 4.90 Å². The quantitative estimate of drug-likeness (QED) is 0.825. The highest BCUT2D eigenvalue weighted by Crippen LogP contribution is 2.30. The minimum atomic E-state index is -0.410. The molecule has 0 saturated carbocycles. The molecule has 132 valence electrons. The second-order valence-electron chi connectivity index (χ2n) is 6.71. The molecule has 0 radical (unpaired) electrons. The Morgan fingerprint density at radius 1 is 1.32 bits per heavy atom. The molecule has 25 heavy (non-hydrogen) atoms. The Kier molecular flexibility index (Phi) is 4.07. The molecule has 3 saturated heterocycles. The van der Waals surface area contributed by atoms with Crippen molar-refractivity contribution < 1.29 is 9.59 Å². The third-order valence-electron chi connectivity index (χ3n) is 5.08. The summed E-state index contributed by atoms with van der Waals surface area (Å²) in [6.45, 7) is 3.76. The van der Waals surface area contributed by atoms with Gasteiger partial charge in [-0.05, 0) is 19.3 Å². The monoisotopic (exact) mass is 360 g/mol. The van der Waals surface area contributed by atoms with Crippen LogP contribution in [0.3, 0.4) is 0 Å². The van der Waals surface area contributed by atoms with Crippen molar-refractivity contribution >= 4 is 28.1 Å². The molecule has 2 aromatic heterocycles. The topological polar surface area (TPSA) is 75.0 Å². The van der Waals surface area contributed by atoms with Crippen molar-refractivity contribution in [2.75, 3.05) is 19.6 Å². The first-order chi connectivity index (χ1) is 12.1. The average molecular weight is 360 g/mol. The van der Waals surface area contributed by atoms with Gasteiger partial charge in [-0.3, -0.25) is 18.8 Å². The number of piperidine rings is 1. The highest BCUT2D eigenvalue weighted by atomic mass is 32.1. The minimum Gasteiger partial charge on any atom is -0.338 e. The highest BCUT2D eigenvalue weighted by Gasteiger charge is 2.41. The van der Waals surface area contributed by atoms with Crippen LogP contribution >= 0.6 is 11.3 Å². The van der Waals surface area contributed by atoms with Crippen molar-refractivity contribution in [3.05, 3.63) is 33.7 Å². The van der Waals surface area contributed by atoms with Gasteiger partial charge in [-0.1, -0.05) is 6.92 Å². The lowest BCUT2D eigenvalue weighted by Crippen LogP contribution is -2.48. The molecule has 0 spiro atoms. The van der Waals surface area contributed by atoms with Gasteiger partial charge in [0.05, 0.1) is 5.92 Å². The summed E-state index contributed by atoms with van der Waals surface area (Å²) in [4.78, 5) is 45.7. The number of carbonyl (C=O) groups excluding carboxylic acids is 2. The molecule has 2 bridgehead atoms. The van der Waals surface area contributed by atoms with Crippen LogP contribution in [0, 0.1) is 5.92 Å². The number of hydrogen-bond donors (Lipinski definition) is 0. The van der Waals surface area contributed by atoms with E-state index in [1.54, 1.807) is 20.9 Å². The van der Waals surface area contributed by atoms with Crippen molar-refractivity contribution in [1.82, 2.24) is 19.2 Å². The Bertz CT molecular complexity index is 889. The molecule has 3 fully saturated rings. The molecule has 2 amide bonds. The number of hydrogen-bond acceptors (Lipinski definition) is 5. The van der Waals surface area contributed by atoms with Crippen LogP contribution in [0.25, 0.3) is 4.96 Å². The highest BCUT2D eigenvalue weighted by molar-refractivity contribution is 7.15. The summed E-state index contributed by atoms with van der Waals surface area (Å²) in [6.07, 6.45) is 4.43. The van der Waals surface area contributed by atoms with E-state index in [4.69, 9.17) is 0 Å². The SMILES string of the molecule is CCCN1C(=O)[C@@H]2CC[C@H]1CN(C(=O)c1cc(=O)nc3sccn13)C2. The lowest BCUT2D eigenvalue weighted by molar-refractivity contribution is -0.139. The van der Waals surface area contributed by atoms with Gasteiger partial charge >= 0.3 is 0 Å². The summed E-state index contributed by atoms with van der Waals surface area (Å²) in [5.74, 6) is -0.164. The second-order valence-corrected chi connectivity index (χ2v) is 7.58. The van der Waals surface area contributed by atoms with Gasteiger partial charge in [0.15, 0.2) is 4.96 Å². The van der Waals surface area contributed by atoms with Crippen LogP contribution in [0.5, 0.6) is 0 Å². The molecule has 0 aromatic carbocycles. The lowest BCUT2D eigenvalue weighted by Gasteiger charge is -2.35. The van der Waals surface area contributed by atoms with Gasteiger partial charge in [0.1, 0.15) is 5.69 Å². The summed E-state index contributed by atoms with van der Waals surface area (Å²) >= 11 is 1.32. The van der Waals surface area contributed by atoms with Gasteiger partial charge in [0.25, 0.3) is 11.5 Å². The van der Waals surface area contributed by atoms with Crippen LogP contribution < -0.4 is 5.56 Å². The second kappa shape index (κ2) is 6.25. The number of carbonyl (C=O) groups is 2. The molecule has 7 nitrogen and oxygen atoms in total. The van der Waals surface area contributed by atoms with Crippen LogP contribution in [0.4, 0.5) is 0 Å². The van der Waals surface area contributed by atoms with Crippen molar-refractivity contribution in [2.45, 2.75) is 32.2 Å². The maximum Gasteiger partial charge on any atom is 0.274 e. The molecule has 0 unspecified atom stereocenters. The van der Waals surface area contributed by atoms with E-state index in [2.05, 4.69) is 11.9 Å². The third-order valence-corrected chi connectivity index (χ3v) is 5.84. The molecule has 0 N–H and O–H groups in total. The predicted molar refractivity (Wildman–Crippen MR) is 93.8 cm³/mol. The van der Waals surface area contributed by atoms with E-state index >= 15 is 0 Å². The number of thiazole rings is 1. The zero-order valence-electron chi connectivity index (χ0n) is 14.1. The van der Waals surface area contributed by atoms with E-state index in [-0.39, 0.29) is 23.8 Å². The van der Waals surface area contributed by atoms with Crippen molar-refractivity contribution in [3.63, 3.8) is 0 Å². The summed E-state index contributed by atoms with van der Waals surface area (Å²) in [5.41, 5.74) is -0.0840. The molecule has 5 rings (SSSR count). The van der Waals surface area contributed by atoms with Crippen LogP contribution in [-0.2, 0) is 4.79 Å². The van der Waals surface area contributed by atoms with Crippen LogP contribution in [0.15, 0.2) is 22.4 Å². The summed E-state index contributed by atoms with van der Waals surface area (Å²) < 4.78 is 1.66. The third kappa shape index (κ3) is 2.74. The molecule has 5 heterocycles. The van der Waals surface area contributed by atoms with Gasteiger partial charge in [-0.25, -0.2) is 0 Å². The molecule has 2 atom stereocenters. The average Bonchev–Trinajstić information content (AvgIpc) is 2.89. The molecule has 0 aliphatic carbocycles. The summed E-state index contributed by atoms with van der Waals surface area (Å²) in [7, 11) is 0. The van der Waals surface area contributed by atoms with Crippen LogP contribution in [-0.4, -0.2) is 56.7 Å². The van der Waals surface area contributed by atoms with E-state index in [9.17, 15) is 14.4 Å². The normalized spacial score (nSPS) is 23.3. The maximum atomic E-state index is 13.1. The first kappa shape index (κ1) is 16.3. The molecular formula is C17H20N4O3S. The van der Waals surface area contributed by atoms with Gasteiger partial charge < -0.3 is 9.80 Å². The predicted octanol–water partition coefficient (Wildman–Crippen LogP) is 1.23. The number of fused-ring (bicyclic) bond motifs is 5. The Balaban J connectivity index is 1.68. The van der Waals surface area contributed by atoms with Crippen LogP contribution in [0.1, 0.15) is 36.7 Å². The zero-order chi connectivity index (χ0) is 17.6. The summed E-state index contributed by atoms with van der Waals surface area (Å²) in [5, 5.41) is 1.80. The van der Waals surface area contributed by atoms with Crippen LogP contribution in [0.2, 0.25) is 0 Å². The van der Waals surface area contributed by atoms with E-state index in [1.165, 1.54) is 17.4 Å². The molecule has 3 aliphatic heterocycles. The van der Waals surface area contributed by atoms with E-state index < -0.39 is 5.56 Å². The van der Waals surface area contributed by atoms with Gasteiger partial charge in [0, 0.05) is 43.3 Å². The lowest BCUT2D eigenvalue weighted by atomic mass is 9.94. The Hall–Kier alpha value is -2.22. The Labute approximate surface area is 148 Å². The number of rotatable bonds is 3. The largest absolute Gasteiger partial charge is 0.338 e. The van der Waals surface area contributed by atoms with Gasteiger partial charge in [-0.15, -0.1) is 11.3 Å². The Morgan fingerprint density at radius 2 is 2.16 bits per heavy atom. The summed E-state index contributed by atoms with van der Waals surface area (Å²) in [6, 6.07) is 1.37. The molecule has 8 heteroatoms. The zero-order valence-corrected chi connectivity index (χ0v) is 14.9. The van der Waals surface area contributed by atoms with Crippen molar-refractivity contribution in [2.24, 2.45) is 5.92 Å². The smallest absolute Gasteiger partial charge is 0.274 e. The fourth-order valence-electron chi connectivity index (χ4n) is 3.92. The minimum absolute atomic E-state index is 0.0756. The fourth-order valence-corrected chi connectivity index (χ4v) is 4.64. The molecule has 3 aliphatic rings. The van der Waals surface area contributed by atoms with Gasteiger partial charge in [-0.2, -0.15) is 4.98 Å². The fraction of sp³-hybridized carbons (Fsp3) is 0.529. The van der Waals surface area contributed by atoms with E-state index in [0.29, 0.717) is 23.7 Å². The first-order valence-corrected chi connectivity index (χ1v) is 9.53. The van der Waals surface area contributed by atoms with E-state index in [0.717, 1.165) is 25.8 Å². The molecular weight excluding hydrogens is 340 g/mol. The standard InChI is InChI=1S/C17H20N4O3S/c1-2-5-20-12-4-3-11(15(20)23)9-19(10-12)16(24)13-8-14(22)18-17-21(13)6-7-25-17/h6-8,11-12H,2-5,9-10H2,1H3/t11-,12+/m1/s1. The number of aromatic nitrogens is 2.